The van der Waals surface area contributed by atoms with Gasteiger partial charge in [0, 0.05) is 5.38 Å². The van der Waals surface area contributed by atoms with Crippen molar-refractivity contribution in [2.75, 3.05) is 4.72 Å². The van der Waals surface area contributed by atoms with Crippen molar-refractivity contribution < 1.29 is 13.5 Å². The van der Waals surface area contributed by atoms with Gasteiger partial charge in [0.15, 0.2) is 5.13 Å². The maximum absolute atomic E-state index is 12.3. The molecule has 0 atom stereocenters. The van der Waals surface area contributed by atoms with Crippen molar-refractivity contribution in [2.45, 2.75) is 31.8 Å². The van der Waals surface area contributed by atoms with E-state index in [9.17, 15) is 13.5 Å². The van der Waals surface area contributed by atoms with E-state index in [0.29, 0.717) is 10.7 Å². The summed E-state index contributed by atoms with van der Waals surface area (Å²) in [6.07, 6.45) is 0.745. The topological polar surface area (TPSA) is 79.3 Å². The van der Waals surface area contributed by atoms with E-state index in [-0.39, 0.29) is 11.5 Å². The van der Waals surface area contributed by atoms with Gasteiger partial charge in [-0.1, -0.05) is 13.0 Å². The first-order chi connectivity index (χ1) is 9.46. The van der Waals surface area contributed by atoms with Crippen LogP contribution in [0.15, 0.2) is 28.5 Å². The van der Waals surface area contributed by atoms with Crippen LogP contribution in [0, 0.1) is 6.92 Å². The summed E-state index contributed by atoms with van der Waals surface area (Å²) in [4.78, 5) is 4.21. The Balaban J connectivity index is 2.34. The molecule has 2 rings (SSSR count). The molecule has 0 aliphatic heterocycles. The molecule has 108 valence electrons. The minimum atomic E-state index is -3.67. The summed E-state index contributed by atoms with van der Waals surface area (Å²) in [6, 6.07) is 4.77. The Labute approximate surface area is 122 Å². The quantitative estimate of drug-likeness (QED) is 0.888. The number of sulfonamides is 1. The van der Waals surface area contributed by atoms with Crippen molar-refractivity contribution >= 4 is 26.5 Å². The average molecular weight is 312 g/mol. The normalized spacial score (nSPS) is 11.6. The number of nitrogens with zero attached hydrogens (tertiary/aromatic N) is 1. The Hall–Kier alpha value is -1.44. The summed E-state index contributed by atoms with van der Waals surface area (Å²) in [5.41, 5.74) is 2.34. The van der Waals surface area contributed by atoms with Crippen LogP contribution in [0.4, 0.5) is 5.13 Å². The van der Waals surface area contributed by atoms with Crippen LogP contribution in [0.3, 0.4) is 0 Å². The fourth-order valence-corrected chi connectivity index (χ4v) is 3.83. The average Bonchev–Trinajstić information content (AvgIpc) is 2.82. The first-order valence-electron chi connectivity index (χ1n) is 6.14. The van der Waals surface area contributed by atoms with Crippen molar-refractivity contribution in [1.29, 1.82) is 0 Å². The van der Waals surface area contributed by atoms with E-state index in [1.165, 1.54) is 17.4 Å². The number of aryl methyl sites for hydroxylation is 2. The van der Waals surface area contributed by atoms with Crippen LogP contribution in [0.25, 0.3) is 0 Å². The van der Waals surface area contributed by atoms with Crippen molar-refractivity contribution in [3.05, 3.63) is 40.4 Å². The van der Waals surface area contributed by atoms with E-state index < -0.39 is 10.0 Å². The summed E-state index contributed by atoms with van der Waals surface area (Å²) in [5.74, 6) is 0. The van der Waals surface area contributed by atoms with Crippen LogP contribution >= 0.6 is 11.3 Å². The van der Waals surface area contributed by atoms with Crippen molar-refractivity contribution in [3.8, 4) is 0 Å². The Morgan fingerprint density at radius 2 is 2.10 bits per heavy atom. The molecule has 0 saturated heterocycles. The Kier molecular flexibility index (Phi) is 4.42. The zero-order chi connectivity index (χ0) is 14.8. The second-order valence-corrected chi connectivity index (χ2v) is 6.88. The van der Waals surface area contributed by atoms with Crippen LogP contribution in [0.1, 0.15) is 23.7 Å². The monoisotopic (exact) mass is 312 g/mol. The third-order valence-electron chi connectivity index (χ3n) is 2.88. The van der Waals surface area contributed by atoms with Gasteiger partial charge in [-0.05, 0) is 36.6 Å². The van der Waals surface area contributed by atoms with Gasteiger partial charge in [-0.2, -0.15) is 0 Å². The van der Waals surface area contributed by atoms with Crippen LogP contribution in [-0.4, -0.2) is 18.5 Å². The van der Waals surface area contributed by atoms with E-state index in [2.05, 4.69) is 9.71 Å². The van der Waals surface area contributed by atoms with Gasteiger partial charge in [0.1, 0.15) is 0 Å². The molecule has 1 heterocycles. The van der Waals surface area contributed by atoms with Gasteiger partial charge in [-0.3, -0.25) is 4.72 Å². The van der Waals surface area contributed by atoms with E-state index in [1.807, 2.05) is 6.92 Å². The molecule has 0 fully saturated rings. The van der Waals surface area contributed by atoms with Gasteiger partial charge in [-0.15, -0.1) is 11.3 Å². The fraction of sp³-hybridized carbons (Fsp3) is 0.308. The lowest BCUT2D eigenvalue weighted by atomic mass is 10.1. The SMILES string of the molecule is CCc1ccc(S(=O)(=O)Nc2nc(C)cs2)cc1CO. The molecule has 0 saturated carbocycles. The van der Waals surface area contributed by atoms with Gasteiger partial charge in [0.2, 0.25) is 0 Å². The third-order valence-corrected chi connectivity index (χ3v) is 5.22. The number of hydrogen-bond donors (Lipinski definition) is 2. The Bertz CT molecular complexity index is 708. The zero-order valence-corrected chi connectivity index (χ0v) is 12.9. The highest BCUT2D eigenvalue weighted by Gasteiger charge is 2.17. The molecular weight excluding hydrogens is 296 g/mol. The standard InChI is InChI=1S/C13H16N2O3S2/c1-3-10-4-5-12(6-11(10)7-16)20(17,18)15-13-14-9(2)8-19-13/h4-6,8,16H,3,7H2,1-2H3,(H,14,15). The molecule has 0 bridgehead atoms. The third kappa shape index (κ3) is 3.17. The molecule has 0 amide bonds. The van der Waals surface area contributed by atoms with E-state index in [1.54, 1.807) is 24.4 Å². The number of aliphatic hydroxyl groups excluding tert-OH is 1. The molecule has 0 spiro atoms. The molecule has 0 aliphatic carbocycles. The van der Waals surface area contributed by atoms with E-state index in [4.69, 9.17) is 0 Å². The second-order valence-electron chi connectivity index (χ2n) is 4.34. The first kappa shape index (κ1) is 15.0. The number of rotatable bonds is 5. The summed E-state index contributed by atoms with van der Waals surface area (Å²) >= 11 is 1.24. The fourth-order valence-electron chi connectivity index (χ4n) is 1.84. The number of anilines is 1. The summed E-state index contributed by atoms with van der Waals surface area (Å²) in [6.45, 7) is 3.58. The smallest absolute Gasteiger partial charge is 0.263 e. The Morgan fingerprint density at radius 3 is 2.65 bits per heavy atom. The zero-order valence-electron chi connectivity index (χ0n) is 11.3. The van der Waals surface area contributed by atoms with Crippen LogP contribution in [-0.2, 0) is 23.1 Å². The maximum Gasteiger partial charge on any atom is 0.263 e. The van der Waals surface area contributed by atoms with Crippen LogP contribution < -0.4 is 4.72 Å². The number of benzene rings is 1. The molecule has 0 aliphatic rings. The molecule has 20 heavy (non-hydrogen) atoms. The lowest BCUT2D eigenvalue weighted by molar-refractivity contribution is 0.280. The van der Waals surface area contributed by atoms with Gasteiger partial charge in [0.25, 0.3) is 10.0 Å². The van der Waals surface area contributed by atoms with Gasteiger partial charge in [-0.25, -0.2) is 13.4 Å². The predicted octanol–water partition coefficient (Wildman–Crippen LogP) is 2.31. The largest absolute Gasteiger partial charge is 0.392 e. The molecule has 7 heteroatoms. The molecule has 1 aromatic heterocycles. The van der Waals surface area contributed by atoms with Crippen LogP contribution in [0.2, 0.25) is 0 Å². The van der Waals surface area contributed by atoms with Crippen molar-refractivity contribution in [2.24, 2.45) is 0 Å². The number of hydrogen-bond acceptors (Lipinski definition) is 5. The minimum Gasteiger partial charge on any atom is -0.392 e. The lowest BCUT2D eigenvalue weighted by Gasteiger charge is -2.09. The maximum atomic E-state index is 12.3. The molecular formula is C13H16N2O3S2. The van der Waals surface area contributed by atoms with Gasteiger partial charge >= 0.3 is 0 Å². The number of nitrogens with one attached hydrogen (secondary N) is 1. The van der Waals surface area contributed by atoms with Crippen molar-refractivity contribution in [3.63, 3.8) is 0 Å². The first-order valence-corrected chi connectivity index (χ1v) is 8.50. The van der Waals surface area contributed by atoms with E-state index in [0.717, 1.165) is 17.7 Å². The summed E-state index contributed by atoms with van der Waals surface area (Å²) in [7, 11) is -3.67. The highest BCUT2D eigenvalue weighted by Crippen LogP contribution is 2.22. The molecule has 1 aromatic carbocycles. The summed E-state index contributed by atoms with van der Waals surface area (Å²) in [5, 5.41) is 11.4. The highest BCUT2D eigenvalue weighted by molar-refractivity contribution is 7.93. The highest BCUT2D eigenvalue weighted by atomic mass is 32.2. The van der Waals surface area contributed by atoms with Crippen LogP contribution in [0.5, 0.6) is 0 Å². The van der Waals surface area contributed by atoms with Gasteiger partial charge < -0.3 is 5.11 Å². The van der Waals surface area contributed by atoms with Gasteiger partial charge in [0.05, 0.1) is 17.2 Å². The second kappa shape index (κ2) is 5.90. The number of thiazole rings is 1. The number of aliphatic hydroxyl groups is 1. The predicted molar refractivity (Wildman–Crippen MR) is 79.4 cm³/mol. The lowest BCUT2D eigenvalue weighted by Crippen LogP contribution is -2.13. The molecule has 2 N–H and O–H groups in total. The molecule has 0 unspecified atom stereocenters. The number of aromatic nitrogens is 1. The molecule has 5 nitrogen and oxygen atoms in total. The molecule has 2 aromatic rings. The Morgan fingerprint density at radius 1 is 1.35 bits per heavy atom. The van der Waals surface area contributed by atoms with E-state index >= 15 is 0 Å². The minimum absolute atomic E-state index is 0.131. The summed E-state index contributed by atoms with van der Waals surface area (Å²) < 4.78 is 26.9. The molecule has 0 radical (unpaired) electrons. The van der Waals surface area contributed by atoms with Crippen molar-refractivity contribution in [1.82, 2.24) is 4.98 Å².